The normalized spacial score (nSPS) is 33.0. The highest BCUT2D eigenvalue weighted by atomic mass is 79.9. The fourth-order valence-electron chi connectivity index (χ4n) is 1.32. The Morgan fingerprint density at radius 2 is 2.25 bits per heavy atom. The molecule has 12 heavy (non-hydrogen) atoms. The molecule has 2 aliphatic rings. The number of hydrogen-bond acceptors (Lipinski definition) is 2. The highest BCUT2D eigenvalue weighted by Crippen LogP contribution is 2.40. The molecule has 2 nitrogen and oxygen atoms in total. The number of nitrogens with one attached hydrogen (secondary N) is 1. The Labute approximate surface area is 83.7 Å². The summed E-state index contributed by atoms with van der Waals surface area (Å²) in [6.07, 6.45) is 6.02. The standard InChI is InChI=1S/C8H6BrClN2/c9-5-3-8(4-5)6(11)1-2-7(10)12-8/h1-3,11H,4H2. The van der Waals surface area contributed by atoms with Crippen LogP contribution in [0.4, 0.5) is 0 Å². The van der Waals surface area contributed by atoms with Crippen molar-refractivity contribution in [3.05, 3.63) is 22.7 Å². The van der Waals surface area contributed by atoms with Crippen LogP contribution in [0.5, 0.6) is 0 Å². The van der Waals surface area contributed by atoms with Crippen LogP contribution in [0.2, 0.25) is 0 Å². The fourth-order valence-corrected chi connectivity index (χ4v) is 2.34. The molecule has 0 amide bonds. The third-order valence-electron chi connectivity index (χ3n) is 1.99. The van der Waals surface area contributed by atoms with Gasteiger partial charge < -0.3 is 5.41 Å². The first-order valence-corrected chi connectivity index (χ1v) is 4.69. The van der Waals surface area contributed by atoms with Crippen LogP contribution in [0.25, 0.3) is 0 Å². The molecule has 0 aromatic carbocycles. The summed E-state index contributed by atoms with van der Waals surface area (Å²) in [5.41, 5.74) is 0.0556. The Morgan fingerprint density at radius 1 is 1.58 bits per heavy atom. The third kappa shape index (κ3) is 1.08. The molecular formula is C8H6BrClN2. The van der Waals surface area contributed by atoms with Crippen molar-refractivity contribution >= 4 is 38.4 Å². The van der Waals surface area contributed by atoms with Crippen molar-refractivity contribution in [1.29, 1.82) is 5.41 Å². The predicted molar refractivity (Wildman–Crippen MR) is 54.5 cm³/mol. The van der Waals surface area contributed by atoms with Crippen molar-refractivity contribution in [1.82, 2.24) is 0 Å². The molecule has 4 heteroatoms. The first-order valence-electron chi connectivity index (χ1n) is 3.52. The number of nitrogens with zero attached hydrogens (tertiary/aromatic N) is 1. The van der Waals surface area contributed by atoms with Crippen LogP contribution in [-0.4, -0.2) is 16.4 Å². The van der Waals surface area contributed by atoms with Crippen molar-refractivity contribution < 1.29 is 0 Å². The van der Waals surface area contributed by atoms with Crippen LogP contribution in [0, 0.1) is 5.41 Å². The van der Waals surface area contributed by atoms with Gasteiger partial charge in [-0.05, 0) is 22.7 Å². The van der Waals surface area contributed by atoms with Crippen LogP contribution in [0.15, 0.2) is 27.7 Å². The van der Waals surface area contributed by atoms with Crippen molar-refractivity contribution in [3.63, 3.8) is 0 Å². The maximum atomic E-state index is 7.66. The molecule has 0 aromatic heterocycles. The minimum atomic E-state index is -0.454. The zero-order valence-electron chi connectivity index (χ0n) is 6.14. The summed E-state index contributed by atoms with van der Waals surface area (Å²) >= 11 is 9.09. The second-order valence-electron chi connectivity index (χ2n) is 2.87. The summed E-state index contributed by atoms with van der Waals surface area (Å²) in [5, 5.41) is 8.13. The first kappa shape index (κ1) is 8.20. The average Bonchev–Trinajstić information content (AvgIpc) is 1.94. The van der Waals surface area contributed by atoms with E-state index in [0.29, 0.717) is 10.9 Å². The number of hydrogen-bond donors (Lipinski definition) is 1. The van der Waals surface area contributed by atoms with Gasteiger partial charge in [0.25, 0.3) is 0 Å². The van der Waals surface area contributed by atoms with E-state index in [1.165, 1.54) is 0 Å². The van der Waals surface area contributed by atoms with Crippen LogP contribution in [0.3, 0.4) is 0 Å². The van der Waals surface area contributed by atoms with Gasteiger partial charge in [-0.3, -0.25) is 4.99 Å². The minimum Gasteiger partial charge on any atom is -0.302 e. The van der Waals surface area contributed by atoms with E-state index in [1.807, 2.05) is 6.08 Å². The van der Waals surface area contributed by atoms with Gasteiger partial charge in [-0.25, -0.2) is 0 Å². The lowest BCUT2D eigenvalue weighted by Gasteiger charge is -2.35. The molecule has 1 heterocycles. The smallest absolute Gasteiger partial charge is 0.127 e. The molecule has 0 fully saturated rings. The predicted octanol–water partition coefficient (Wildman–Crippen LogP) is 2.63. The van der Waals surface area contributed by atoms with E-state index in [1.54, 1.807) is 12.2 Å². The molecular weight excluding hydrogens is 239 g/mol. The fraction of sp³-hybridized carbons (Fsp3) is 0.250. The Bertz CT molecular complexity index is 343. The summed E-state index contributed by atoms with van der Waals surface area (Å²) in [7, 11) is 0. The topological polar surface area (TPSA) is 36.2 Å². The van der Waals surface area contributed by atoms with Crippen LogP contribution in [0.1, 0.15) is 6.42 Å². The van der Waals surface area contributed by atoms with E-state index in [2.05, 4.69) is 20.9 Å². The number of dihydropyridines is 1. The quantitative estimate of drug-likeness (QED) is 0.681. The number of allylic oxidation sites excluding steroid dienone is 1. The summed E-state index contributed by atoms with van der Waals surface area (Å²) in [4.78, 5) is 4.22. The lowest BCUT2D eigenvalue weighted by Crippen LogP contribution is -2.41. The largest absolute Gasteiger partial charge is 0.302 e. The molecule has 0 aromatic rings. The Morgan fingerprint density at radius 3 is 2.83 bits per heavy atom. The lowest BCUT2D eigenvalue weighted by molar-refractivity contribution is 0.647. The van der Waals surface area contributed by atoms with Crippen LogP contribution in [-0.2, 0) is 0 Å². The Balaban J connectivity index is 2.40. The number of aliphatic imine (C=N–C) groups is 1. The van der Waals surface area contributed by atoms with Crippen molar-refractivity contribution in [2.75, 3.05) is 0 Å². The number of rotatable bonds is 0. The third-order valence-corrected chi connectivity index (χ3v) is 2.71. The van der Waals surface area contributed by atoms with Crippen LogP contribution < -0.4 is 0 Å². The second-order valence-corrected chi connectivity index (χ2v) is 4.28. The number of halogens is 2. The molecule has 62 valence electrons. The maximum Gasteiger partial charge on any atom is 0.127 e. The molecule has 1 N–H and O–H groups in total. The second kappa shape index (κ2) is 2.54. The minimum absolute atomic E-state index is 0.454. The van der Waals surface area contributed by atoms with Gasteiger partial charge in [-0.2, -0.15) is 0 Å². The van der Waals surface area contributed by atoms with E-state index < -0.39 is 5.54 Å². The molecule has 1 atom stereocenters. The van der Waals surface area contributed by atoms with E-state index in [0.717, 1.165) is 10.9 Å². The van der Waals surface area contributed by atoms with Gasteiger partial charge in [0.15, 0.2) is 0 Å². The van der Waals surface area contributed by atoms with Gasteiger partial charge >= 0.3 is 0 Å². The molecule has 2 rings (SSSR count). The van der Waals surface area contributed by atoms with E-state index in [4.69, 9.17) is 17.0 Å². The van der Waals surface area contributed by atoms with E-state index in [-0.39, 0.29) is 0 Å². The van der Waals surface area contributed by atoms with Gasteiger partial charge in [0.2, 0.25) is 0 Å². The summed E-state index contributed by atoms with van der Waals surface area (Å²) in [6.45, 7) is 0. The SMILES string of the molecule is N=C1C=CC(Cl)=NC12C=C(Br)C2. The van der Waals surface area contributed by atoms with Crippen molar-refractivity contribution in [2.24, 2.45) is 4.99 Å². The van der Waals surface area contributed by atoms with E-state index in [9.17, 15) is 0 Å². The Hall–Kier alpha value is -0.410. The molecule has 1 unspecified atom stereocenters. The van der Waals surface area contributed by atoms with Crippen LogP contribution >= 0.6 is 27.5 Å². The average molecular weight is 246 g/mol. The Kier molecular flexibility index (Phi) is 1.73. The molecule has 0 saturated carbocycles. The van der Waals surface area contributed by atoms with Gasteiger partial charge in [0.1, 0.15) is 10.7 Å². The van der Waals surface area contributed by atoms with Gasteiger partial charge in [-0.15, -0.1) is 0 Å². The molecule has 0 bridgehead atoms. The molecule has 0 radical (unpaired) electrons. The van der Waals surface area contributed by atoms with Crippen molar-refractivity contribution in [3.8, 4) is 0 Å². The summed E-state index contributed by atoms with van der Waals surface area (Å²) in [5.74, 6) is 0. The summed E-state index contributed by atoms with van der Waals surface area (Å²) < 4.78 is 1.09. The van der Waals surface area contributed by atoms with Gasteiger partial charge in [0.05, 0.1) is 5.71 Å². The molecule has 1 spiro atoms. The highest BCUT2D eigenvalue weighted by Gasteiger charge is 2.40. The lowest BCUT2D eigenvalue weighted by atomic mass is 9.80. The monoisotopic (exact) mass is 244 g/mol. The summed E-state index contributed by atoms with van der Waals surface area (Å²) in [6, 6.07) is 0. The zero-order chi connectivity index (χ0) is 8.77. The highest BCUT2D eigenvalue weighted by molar-refractivity contribution is 9.11. The zero-order valence-corrected chi connectivity index (χ0v) is 8.48. The molecule has 1 aliphatic carbocycles. The first-order chi connectivity index (χ1) is 5.62. The van der Waals surface area contributed by atoms with Crippen molar-refractivity contribution in [2.45, 2.75) is 12.0 Å². The van der Waals surface area contributed by atoms with Gasteiger partial charge in [0, 0.05) is 6.42 Å². The van der Waals surface area contributed by atoms with Gasteiger partial charge in [-0.1, -0.05) is 27.5 Å². The molecule has 0 saturated heterocycles. The molecule has 1 aliphatic heterocycles. The van der Waals surface area contributed by atoms with E-state index >= 15 is 0 Å². The maximum absolute atomic E-state index is 7.66.